The van der Waals surface area contributed by atoms with Gasteiger partial charge in [0.25, 0.3) is 0 Å². The molecule has 0 amide bonds. The van der Waals surface area contributed by atoms with Crippen LogP contribution < -0.4 is 0 Å². The van der Waals surface area contributed by atoms with Crippen LogP contribution in [0.15, 0.2) is 23.8 Å². The van der Waals surface area contributed by atoms with Crippen molar-refractivity contribution >= 4 is 11.9 Å². The fourth-order valence-electron chi connectivity index (χ4n) is 8.96. The maximum absolute atomic E-state index is 12.2. The molecule has 3 saturated carbocycles. The van der Waals surface area contributed by atoms with E-state index >= 15 is 0 Å². The third kappa shape index (κ3) is 4.83. The number of hydrogen-bond donors (Lipinski definition) is 0. The van der Waals surface area contributed by atoms with Crippen molar-refractivity contribution in [2.45, 2.75) is 113 Å². The van der Waals surface area contributed by atoms with E-state index in [1.807, 2.05) is 0 Å². The number of allylic oxidation sites excluding steroid dienone is 3. The van der Waals surface area contributed by atoms with Gasteiger partial charge in [0.1, 0.15) is 12.2 Å². The van der Waals surface area contributed by atoms with E-state index in [1.54, 1.807) is 0 Å². The molecule has 3 fully saturated rings. The highest BCUT2D eigenvalue weighted by molar-refractivity contribution is 5.67. The minimum absolute atomic E-state index is 0.164. The average molecular weight is 499 g/mol. The molecule has 4 rings (SSSR count). The van der Waals surface area contributed by atoms with Gasteiger partial charge in [0.05, 0.1) is 0 Å². The molecular weight excluding hydrogens is 448 g/mol. The van der Waals surface area contributed by atoms with Gasteiger partial charge < -0.3 is 9.47 Å². The van der Waals surface area contributed by atoms with Crippen LogP contribution in [0.3, 0.4) is 0 Å². The highest BCUT2D eigenvalue weighted by Gasteiger charge is 2.62. The number of hydrogen-bond acceptors (Lipinski definition) is 4. The van der Waals surface area contributed by atoms with Crippen molar-refractivity contribution < 1.29 is 19.1 Å². The quantitative estimate of drug-likeness (QED) is 0.281. The molecule has 10 atom stereocenters. The summed E-state index contributed by atoms with van der Waals surface area (Å²) in [5, 5.41) is 0. The summed E-state index contributed by atoms with van der Waals surface area (Å²) in [5.74, 6) is 4.03. The lowest BCUT2D eigenvalue weighted by molar-refractivity contribution is -0.172. The first-order valence-electron chi connectivity index (χ1n) is 14.6. The van der Waals surface area contributed by atoms with Gasteiger partial charge in [-0.1, -0.05) is 65.3 Å². The lowest BCUT2D eigenvalue weighted by Gasteiger charge is -2.60. The van der Waals surface area contributed by atoms with Gasteiger partial charge >= 0.3 is 11.9 Å². The minimum Gasteiger partial charge on any atom is -0.462 e. The summed E-state index contributed by atoms with van der Waals surface area (Å²) in [5.41, 5.74) is 1.56. The molecule has 0 heterocycles. The van der Waals surface area contributed by atoms with Crippen LogP contribution in [0, 0.1) is 52.3 Å². The van der Waals surface area contributed by atoms with Crippen molar-refractivity contribution in [1.29, 1.82) is 0 Å². The summed E-state index contributed by atoms with van der Waals surface area (Å²) in [6, 6.07) is 0. The van der Waals surface area contributed by atoms with Crippen LogP contribution in [0.4, 0.5) is 0 Å². The summed E-state index contributed by atoms with van der Waals surface area (Å²) in [7, 11) is 0. The van der Waals surface area contributed by atoms with E-state index in [9.17, 15) is 9.59 Å². The Morgan fingerprint density at radius 1 is 0.972 bits per heavy atom. The molecule has 0 aromatic rings. The number of rotatable bonds is 6. The molecule has 4 aliphatic carbocycles. The Balaban J connectivity index is 1.59. The molecule has 202 valence electrons. The van der Waals surface area contributed by atoms with Gasteiger partial charge in [-0.15, -0.1) is 0 Å². The molecule has 0 saturated heterocycles. The Bertz CT molecular complexity index is 902. The van der Waals surface area contributed by atoms with Crippen LogP contribution in [0.25, 0.3) is 0 Å². The van der Waals surface area contributed by atoms with Gasteiger partial charge in [0.2, 0.25) is 0 Å². The van der Waals surface area contributed by atoms with Crippen molar-refractivity contribution in [2.75, 3.05) is 0 Å². The monoisotopic (exact) mass is 498 g/mol. The van der Waals surface area contributed by atoms with Crippen molar-refractivity contribution in [1.82, 2.24) is 0 Å². The van der Waals surface area contributed by atoms with Crippen molar-refractivity contribution in [2.24, 2.45) is 52.3 Å². The lowest BCUT2D eigenvalue weighted by Crippen LogP contribution is -2.56. The van der Waals surface area contributed by atoms with E-state index in [1.165, 1.54) is 45.1 Å². The number of fused-ring (bicyclic) bond motifs is 5. The van der Waals surface area contributed by atoms with E-state index in [0.717, 1.165) is 24.7 Å². The molecule has 4 heteroatoms. The second-order valence-corrected chi connectivity index (χ2v) is 13.5. The normalized spacial score (nSPS) is 41.6. The maximum Gasteiger partial charge on any atom is 0.302 e. The molecule has 0 radical (unpaired) electrons. The standard InChI is InChI=1S/C32H50O4/c1-19(2)20(3)9-10-21(4)27-13-14-28-26-12-11-24-17-25(35-22(5)33)18-30(36-23(6)34)32(24,8)29(26)15-16-31(27,28)7/h9-11,19-21,25-30H,12-18H2,1-8H3/b10-9+/t20-,21+,25+,26-,27+,28-,29-,30-,31+,32-/m0/s1. The summed E-state index contributed by atoms with van der Waals surface area (Å²) < 4.78 is 11.6. The van der Waals surface area contributed by atoms with Crippen LogP contribution in [0.2, 0.25) is 0 Å². The molecule has 0 aromatic carbocycles. The molecule has 36 heavy (non-hydrogen) atoms. The first-order chi connectivity index (χ1) is 16.9. The minimum atomic E-state index is -0.254. The van der Waals surface area contributed by atoms with Crippen LogP contribution in [0.1, 0.15) is 100 Å². The fraction of sp³-hybridized carbons (Fsp3) is 0.812. The van der Waals surface area contributed by atoms with Crippen LogP contribution >= 0.6 is 0 Å². The Hall–Kier alpha value is -1.58. The SMILES string of the molecule is CC(=O)O[C@@H]1CC2=CC[C@H]3[C@@H]4CC[C@H]([C@H](C)/C=C/[C@H](C)C(C)C)[C@@]4(C)CC[C@@H]3[C@@]2(C)[C@@H](OC(C)=O)C1. The Morgan fingerprint density at radius 3 is 2.31 bits per heavy atom. The molecule has 4 aliphatic rings. The third-order valence-electron chi connectivity index (χ3n) is 11.2. The lowest BCUT2D eigenvalue weighted by atomic mass is 9.46. The van der Waals surface area contributed by atoms with Crippen molar-refractivity contribution in [3.8, 4) is 0 Å². The fourth-order valence-corrected chi connectivity index (χ4v) is 8.96. The largest absolute Gasteiger partial charge is 0.462 e. The van der Waals surface area contributed by atoms with E-state index in [-0.39, 0.29) is 29.6 Å². The van der Waals surface area contributed by atoms with Gasteiger partial charge in [0, 0.05) is 32.1 Å². The molecular formula is C32H50O4. The number of carbonyl (C=O) groups is 2. The van der Waals surface area contributed by atoms with Crippen LogP contribution in [0.5, 0.6) is 0 Å². The zero-order valence-electron chi connectivity index (χ0n) is 24.0. The summed E-state index contributed by atoms with van der Waals surface area (Å²) in [4.78, 5) is 23.9. The summed E-state index contributed by atoms with van der Waals surface area (Å²) >= 11 is 0. The zero-order valence-corrected chi connectivity index (χ0v) is 24.0. The van der Waals surface area contributed by atoms with Crippen LogP contribution in [-0.4, -0.2) is 24.1 Å². The van der Waals surface area contributed by atoms with E-state index < -0.39 is 0 Å². The third-order valence-corrected chi connectivity index (χ3v) is 11.2. The summed E-state index contributed by atoms with van der Waals surface area (Å²) in [6.07, 6.45) is 14.6. The highest BCUT2D eigenvalue weighted by Crippen LogP contribution is 2.67. The molecule has 0 aliphatic heterocycles. The van der Waals surface area contributed by atoms with Gasteiger partial charge in [0.15, 0.2) is 0 Å². The van der Waals surface area contributed by atoms with Gasteiger partial charge in [-0.05, 0) is 78.9 Å². The van der Waals surface area contributed by atoms with Crippen LogP contribution in [-0.2, 0) is 19.1 Å². The van der Waals surface area contributed by atoms with E-state index in [2.05, 4.69) is 59.8 Å². The topological polar surface area (TPSA) is 52.6 Å². The molecule has 0 aromatic heterocycles. The number of esters is 2. The van der Waals surface area contributed by atoms with Crippen molar-refractivity contribution in [3.05, 3.63) is 23.8 Å². The smallest absolute Gasteiger partial charge is 0.302 e. The number of carbonyl (C=O) groups excluding carboxylic acids is 2. The predicted octanol–water partition coefficient (Wildman–Crippen LogP) is 7.52. The van der Waals surface area contributed by atoms with Crippen molar-refractivity contribution in [3.63, 3.8) is 0 Å². The first kappa shape index (κ1) is 27.5. The Labute approximate surface area is 219 Å². The zero-order chi connectivity index (χ0) is 26.4. The molecule has 4 nitrogen and oxygen atoms in total. The Morgan fingerprint density at radius 2 is 1.67 bits per heavy atom. The molecule has 0 bridgehead atoms. The Kier molecular flexibility index (Phi) is 7.85. The van der Waals surface area contributed by atoms with Gasteiger partial charge in [-0.3, -0.25) is 9.59 Å². The van der Waals surface area contributed by atoms with Gasteiger partial charge in [-0.2, -0.15) is 0 Å². The molecule has 0 N–H and O–H groups in total. The molecule has 0 spiro atoms. The highest BCUT2D eigenvalue weighted by atomic mass is 16.6. The second-order valence-electron chi connectivity index (χ2n) is 13.5. The maximum atomic E-state index is 12.2. The molecule has 0 unspecified atom stereocenters. The summed E-state index contributed by atoms with van der Waals surface area (Å²) in [6.45, 7) is 17.3. The van der Waals surface area contributed by atoms with E-state index in [4.69, 9.17) is 9.47 Å². The van der Waals surface area contributed by atoms with E-state index in [0.29, 0.717) is 41.4 Å². The second kappa shape index (κ2) is 10.3. The number of ether oxygens (including phenoxy) is 2. The first-order valence-corrected chi connectivity index (χ1v) is 14.6. The average Bonchev–Trinajstić information content (AvgIpc) is 3.14. The van der Waals surface area contributed by atoms with Gasteiger partial charge in [-0.25, -0.2) is 0 Å². The predicted molar refractivity (Wildman–Crippen MR) is 144 cm³/mol.